The van der Waals surface area contributed by atoms with Crippen molar-refractivity contribution < 1.29 is 0 Å². The Bertz CT molecular complexity index is 325. The van der Waals surface area contributed by atoms with Gasteiger partial charge in [0.15, 0.2) is 0 Å². The number of benzene rings is 1. The highest BCUT2D eigenvalue weighted by atomic mass is 35.5. The summed E-state index contributed by atoms with van der Waals surface area (Å²) in [7, 11) is 0. The molecule has 1 saturated heterocycles. The molecule has 1 aromatic carbocycles. The zero-order chi connectivity index (χ0) is 10.7. The molecule has 1 aromatic rings. The van der Waals surface area contributed by atoms with Gasteiger partial charge in [-0.05, 0) is 19.4 Å². The van der Waals surface area contributed by atoms with Crippen LogP contribution in [0.2, 0.25) is 0 Å². The lowest BCUT2D eigenvalue weighted by Gasteiger charge is -2.33. The quantitative estimate of drug-likeness (QED) is 0.894. The monoisotopic (exact) mass is 276 g/mol. The number of halogens is 2. The molecular formula is C13H22Cl2N2. The molecule has 0 radical (unpaired) electrons. The number of piperazine rings is 1. The molecule has 0 saturated carbocycles. The molecule has 1 N–H and O–H groups in total. The van der Waals surface area contributed by atoms with Gasteiger partial charge >= 0.3 is 0 Å². The molecule has 0 amide bonds. The van der Waals surface area contributed by atoms with Crippen molar-refractivity contribution in [3.8, 4) is 0 Å². The van der Waals surface area contributed by atoms with Gasteiger partial charge in [-0.25, -0.2) is 0 Å². The molecular weight excluding hydrogens is 255 g/mol. The van der Waals surface area contributed by atoms with Gasteiger partial charge in [-0.2, -0.15) is 0 Å². The van der Waals surface area contributed by atoms with Crippen molar-refractivity contribution in [3.05, 3.63) is 35.4 Å². The van der Waals surface area contributed by atoms with Crippen LogP contribution >= 0.6 is 24.8 Å². The SMILES string of the molecule is Cc1cccc([C@H](C)N2CCNCC2)c1.Cl.Cl. The topological polar surface area (TPSA) is 15.3 Å². The van der Waals surface area contributed by atoms with E-state index in [0.717, 1.165) is 26.2 Å². The molecule has 0 spiro atoms. The van der Waals surface area contributed by atoms with E-state index >= 15 is 0 Å². The first-order chi connectivity index (χ1) is 7.27. The third kappa shape index (κ3) is 4.47. The number of hydrogen-bond acceptors (Lipinski definition) is 2. The molecule has 2 rings (SSSR count). The van der Waals surface area contributed by atoms with Crippen LogP contribution in [0.25, 0.3) is 0 Å². The van der Waals surface area contributed by atoms with Crippen LogP contribution in [-0.4, -0.2) is 31.1 Å². The average molecular weight is 277 g/mol. The number of aryl methyl sites for hydroxylation is 1. The van der Waals surface area contributed by atoms with E-state index in [1.807, 2.05) is 0 Å². The molecule has 1 aliphatic rings. The fraction of sp³-hybridized carbons (Fsp3) is 0.538. The predicted molar refractivity (Wildman–Crippen MR) is 78.5 cm³/mol. The number of rotatable bonds is 2. The zero-order valence-corrected chi connectivity index (χ0v) is 12.1. The van der Waals surface area contributed by atoms with E-state index in [1.165, 1.54) is 11.1 Å². The largest absolute Gasteiger partial charge is 0.314 e. The van der Waals surface area contributed by atoms with Crippen LogP contribution in [0.5, 0.6) is 0 Å². The van der Waals surface area contributed by atoms with Crippen LogP contribution in [0, 0.1) is 6.92 Å². The summed E-state index contributed by atoms with van der Waals surface area (Å²) < 4.78 is 0. The smallest absolute Gasteiger partial charge is 0.0321 e. The number of hydrogen-bond donors (Lipinski definition) is 1. The van der Waals surface area contributed by atoms with Crippen LogP contribution < -0.4 is 5.32 Å². The third-order valence-electron chi connectivity index (χ3n) is 3.22. The van der Waals surface area contributed by atoms with E-state index < -0.39 is 0 Å². The van der Waals surface area contributed by atoms with E-state index in [4.69, 9.17) is 0 Å². The van der Waals surface area contributed by atoms with Gasteiger partial charge in [-0.15, -0.1) is 24.8 Å². The van der Waals surface area contributed by atoms with Gasteiger partial charge < -0.3 is 5.32 Å². The second kappa shape index (κ2) is 7.93. The van der Waals surface area contributed by atoms with Gasteiger partial charge in [-0.3, -0.25) is 4.90 Å². The second-order valence-electron chi connectivity index (χ2n) is 4.38. The van der Waals surface area contributed by atoms with E-state index in [-0.39, 0.29) is 24.8 Å². The van der Waals surface area contributed by atoms with E-state index in [9.17, 15) is 0 Å². The second-order valence-corrected chi connectivity index (χ2v) is 4.38. The molecule has 4 heteroatoms. The standard InChI is InChI=1S/C13H20N2.2ClH/c1-11-4-3-5-13(10-11)12(2)15-8-6-14-7-9-15;;/h3-5,10,12,14H,6-9H2,1-2H3;2*1H/t12-;;/m0../s1. The summed E-state index contributed by atoms with van der Waals surface area (Å²) in [6, 6.07) is 9.40. The summed E-state index contributed by atoms with van der Waals surface area (Å²) >= 11 is 0. The Balaban J connectivity index is 0.00000128. The van der Waals surface area contributed by atoms with Crippen molar-refractivity contribution in [2.45, 2.75) is 19.9 Å². The number of nitrogens with one attached hydrogen (secondary N) is 1. The zero-order valence-electron chi connectivity index (χ0n) is 10.5. The Kier molecular flexibility index (Phi) is 7.80. The molecule has 0 bridgehead atoms. The van der Waals surface area contributed by atoms with Gasteiger partial charge in [0.2, 0.25) is 0 Å². The Morgan fingerprint density at radius 1 is 1.18 bits per heavy atom. The maximum absolute atomic E-state index is 3.39. The lowest BCUT2D eigenvalue weighted by molar-refractivity contribution is 0.185. The third-order valence-corrected chi connectivity index (χ3v) is 3.22. The van der Waals surface area contributed by atoms with Crippen molar-refractivity contribution in [1.29, 1.82) is 0 Å². The van der Waals surface area contributed by atoms with Crippen molar-refractivity contribution in [3.63, 3.8) is 0 Å². The Morgan fingerprint density at radius 2 is 1.82 bits per heavy atom. The van der Waals surface area contributed by atoms with Crippen LogP contribution in [0.4, 0.5) is 0 Å². The molecule has 1 aliphatic heterocycles. The molecule has 2 nitrogen and oxygen atoms in total. The molecule has 1 fully saturated rings. The summed E-state index contributed by atoms with van der Waals surface area (Å²) in [6.45, 7) is 9.03. The summed E-state index contributed by atoms with van der Waals surface area (Å²) in [4.78, 5) is 2.55. The van der Waals surface area contributed by atoms with E-state index in [1.54, 1.807) is 0 Å². The predicted octanol–water partition coefficient (Wildman–Crippen LogP) is 2.80. The highest BCUT2D eigenvalue weighted by Gasteiger charge is 2.17. The van der Waals surface area contributed by atoms with Gasteiger partial charge in [0, 0.05) is 32.2 Å². The molecule has 0 aromatic heterocycles. The fourth-order valence-electron chi connectivity index (χ4n) is 2.21. The van der Waals surface area contributed by atoms with Crippen LogP contribution in [-0.2, 0) is 0 Å². The van der Waals surface area contributed by atoms with E-state index in [2.05, 4.69) is 48.3 Å². The summed E-state index contributed by atoms with van der Waals surface area (Å²) in [5.74, 6) is 0. The maximum atomic E-state index is 3.39. The van der Waals surface area contributed by atoms with Crippen LogP contribution in [0.1, 0.15) is 24.1 Å². The van der Waals surface area contributed by atoms with Gasteiger partial charge in [0.1, 0.15) is 0 Å². The lowest BCUT2D eigenvalue weighted by Crippen LogP contribution is -2.44. The minimum absolute atomic E-state index is 0. The Morgan fingerprint density at radius 3 is 2.41 bits per heavy atom. The first kappa shape index (κ1) is 16.7. The fourth-order valence-corrected chi connectivity index (χ4v) is 2.21. The molecule has 17 heavy (non-hydrogen) atoms. The number of nitrogens with zero attached hydrogens (tertiary/aromatic N) is 1. The van der Waals surface area contributed by atoms with Crippen LogP contribution in [0.3, 0.4) is 0 Å². The summed E-state index contributed by atoms with van der Waals surface area (Å²) in [5, 5.41) is 3.39. The molecule has 1 heterocycles. The summed E-state index contributed by atoms with van der Waals surface area (Å²) in [5.41, 5.74) is 2.80. The molecule has 1 atom stereocenters. The van der Waals surface area contributed by atoms with Gasteiger partial charge in [0.05, 0.1) is 0 Å². The molecule has 0 unspecified atom stereocenters. The van der Waals surface area contributed by atoms with Crippen molar-refractivity contribution in [1.82, 2.24) is 10.2 Å². The van der Waals surface area contributed by atoms with Crippen molar-refractivity contribution in [2.75, 3.05) is 26.2 Å². The lowest BCUT2D eigenvalue weighted by atomic mass is 10.0. The Labute approximate surface area is 117 Å². The average Bonchev–Trinajstić information content (AvgIpc) is 2.29. The minimum Gasteiger partial charge on any atom is -0.314 e. The first-order valence-corrected chi connectivity index (χ1v) is 5.79. The highest BCUT2D eigenvalue weighted by Crippen LogP contribution is 2.20. The van der Waals surface area contributed by atoms with Crippen molar-refractivity contribution in [2.24, 2.45) is 0 Å². The minimum atomic E-state index is 0. The van der Waals surface area contributed by atoms with Crippen molar-refractivity contribution >= 4 is 24.8 Å². The van der Waals surface area contributed by atoms with E-state index in [0.29, 0.717) is 6.04 Å². The first-order valence-electron chi connectivity index (χ1n) is 5.79. The molecule has 98 valence electrons. The molecule has 0 aliphatic carbocycles. The van der Waals surface area contributed by atoms with Gasteiger partial charge in [-0.1, -0.05) is 29.8 Å². The summed E-state index contributed by atoms with van der Waals surface area (Å²) in [6.07, 6.45) is 0. The van der Waals surface area contributed by atoms with Gasteiger partial charge in [0.25, 0.3) is 0 Å². The normalized spacial score (nSPS) is 17.8. The highest BCUT2D eigenvalue weighted by molar-refractivity contribution is 5.85. The van der Waals surface area contributed by atoms with Crippen LogP contribution in [0.15, 0.2) is 24.3 Å². The maximum Gasteiger partial charge on any atom is 0.0321 e. The Hall–Kier alpha value is -0.280.